The lowest BCUT2D eigenvalue weighted by Crippen LogP contribution is -2.33. The van der Waals surface area contributed by atoms with E-state index in [1.807, 2.05) is 19.2 Å². The van der Waals surface area contributed by atoms with Crippen molar-refractivity contribution in [1.82, 2.24) is 4.98 Å². The Morgan fingerprint density at radius 1 is 1.50 bits per heavy atom. The number of hydrogen-bond acceptors (Lipinski definition) is 3. The van der Waals surface area contributed by atoms with Crippen LogP contribution in [0.5, 0.6) is 5.88 Å². The van der Waals surface area contributed by atoms with E-state index in [1.165, 1.54) is 0 Å². The fourth-order valence-corrected chi connectivity index (χ4v) is 2.61. The molecule has 4 heteroatoms. The first-order chi connectivity index (χ1) is 7.65. The molecule has 1 aliphatic rings. The number of rotatable bonds is 2. The third-order valence-electron chi connectivity index (χ3n) is 2.89. The molecule has 1 aliphatic carbocycles. The molecule has 1 heterocycles. The average Bonchev–Trinajstić information content (AvgIpc) is 2.22. The quantitative estimate of drug-likeness (QED) is 0.909. The van der Waals surface area contributed by atoms with Gasteiger partial charge in [0.05, 0.1) is 4.47 Å². The Hall–Kier alpha value is -0.610. The molecule has 0 radical (unpaired) electrons. The van der Waals surface area contributed by atoms with E-state index < -0.39 is 0 Å². The van der Waals surface area contributed by atoms with Crippen molar-refractivity contribution in [3.8, 4) is 5.88 Å². The first kappa shape index (κ1) is 11.9. The summed E-state index contributed by atoms with van der Waals surface area (Å²) in [4.78, 5) is 4.29. The molecule has 0 aromatic carbocycles. The third-order valence-corrected chi connectivity index (χ3v) is 3.46. The summed E-state index contributed by atoms with van der Waals surface area (Å²) in [7, 11) is 0. The van der Waals surface area contributed by atoms with E-state index in [-0.39, 0.29) is 12.1 Å². The molecule has 0 aliphatic heterocycles. The summed E-state index contributed by atoms with van der Waals surface area (Å²) in [6.07, 6.45) is 6.31. The van der Waals surface area contributed by atoms with Crippen LogP contribution in [-0.2, 0) is 0 Å². The van der Waals surface area contributed by atoms with Gasteiger partial charge in [0.2, 0.25) is 5.88 Å². The Labute approximate surface area is 105 Å². The Kier molecular flexibility index (Phi) is 3.82. The van der Waals surface area contributed by atoms with Crippen molar-refractivity contribution < 1.29 is 4.74 Å². The maximum atomic E-state index is 5.93. The average molecular weight is 285 g/mol. The fraction of sp³-hybridized carbons (Fsp3) is 0.583. The van der Waals surface area contributed by atoms with Crippen LogP contribution in [0.4, 0.5) is 0 Å². The zero-order valence-electron chi connectivity index (χ0n) is 9.45. The van der Waals surface area contributed by atoms with Gasteiger partial charge in [-0.1, -0.05) is 0 Å². The molecule has 2 unspecified atom stereocenters. The van der Waals surface area contributed by atoms with Gasteiger partial charge in [0, 0.05) is 12.2 Å². The largest absolute Gasteiger partial charge is 0.473 e. The van der Waals surface area contributed by atoms with E-state index >= 15 is 0 Å². The van der Waals surface area contributed by atoms with Crippen molar-refractivity contribution in [3.63, 3.8) is 0 Å². The molecule has 0 saturated heterocycles. The van der Waals surface area contributed by atoms with Crippen molar-refractivity contribution in [2.75, 3.05) is 0 Å². The molecular weight excluding hydrogens is 268 g/mol. The highest BCUT2D eigenvalue weighted by molar-refractivity contribution is 9.10. The third kappa shape index (κ3) is 2.95. The van der Waals surface area contributed by atoms with Gasteiger partial charge in [-0.05, 0) is 60.2 Å². The van der Waals surface area contributed by atoms with E-state index in [0.717, 1.165) is 35.7 Å². The minimum absolute atomic E-state index is 0.218. The molecule has 2 rings (SSSR count). The number of nitrogens with zero attached hydrogens (tertiary/aromatic N) is 1. The van der Waals surface area contributed by atoms with Crippen molar-refractivity contribution >= 4 is 15.9 Å². The maximum Gasteiger partial charge on any atom is 0.228 e. The molecule has 1 fully saturated rings. The summed E-state index contributed by atoms with van der Waals surface area (Å²) in [5.41, 5.74) is 7.05. The maximum absolute atomic E-state index is 5.93. The van der Waals surface area contributed by atoms with E-state index in [2.05, 4.69) is 20.9 Å². The molecule has 3 nitrogen and oxygen atoms in total. The predicted molar refractivity (Wildman–Crippen MR) is 67.5 cm³/mol. The molecule has 0 bridgehead atoms. The SMILES string of the molecule is Cc1cnc(OC2CCCC(N)C2)c(Br)c1. The summed E-state index contributed by atoms with van der Waals surface area (Å²) < 4.78 is 6.80. The van der Waals surface area contributed by atoms with Crippen LogP contribution >= 0.6 is 15.9 Å². The summed E-state index contributed by atoms with van der Waals surface area (Å²) in [6, 6.07) is 2.30. The molecule has 1 aromatic rings. The van der Waals surface area contributed by atoms with Crippen LogP contribution < -0.4 is 10.5 Å². The molecule has 2 N–H and O–H groups in total. The van der Waals surface area contributed by atoms with Gasteiger partial charge in [0.25, 0.3) is 0 Å². The summed E-state index contributed by atoms with van der Waals surface area (Å²) in [6.45, 7) is 2.01. The number of ether oxygens (including phenoxy) is 1. The topological polar surface area (TPSA) is 48.1 Å². The second-order valence-electron chi connectivity index (χ2n) is 4.47. The minimum Gasteiger partial charge on any atom is -0.473 e. The van der Waals surface area contributed by atoms with Gasteiger partial charge in [-0.25, -0.2) is 4.98 Å². The van der Waals surface area contributed by atoms with Gasteiger partial charge in [-0.15, -0.1) is 0 Å². The number of halogens is 1. The number of aromatic nitrogens is 1. The van der Waals surface area contributed by atoms with E-state index in [4.69, 9.17) is 10.5 Å². The first-order valence-corrected chi connectivity index (χ1v) is 6.49. The zero-order valence-corrected chi connectivity index (χ0v) is 11.0. The molecular formula is C12H17BrN2O. The van der Waals surface area contributed by atoms with Gasteiger partial charge in [-0.3, -0.25) is 0 Å². The smallest absolute Gasteiger partial charge is 0.228 e. The van der Waals surface area contributed by atoms with Crippen LogP contribution in [0, 0.1) is 6.92 Å². The van der Waals surface area contributed by atoms with Gasteiger partial charge in [0.15, 0.2) is 0 Å². The lowest BCUT2D eigenvalue weighted by Gasteiger charge is -2.27. The van der Waals surface area contributed by atoms with Crippen molar-refractivity contribution in [2.45, 2.75) is 44.8 Å². The second-order valence-corrected chi connectivity index (χ2v) is 5.32. The standard InChI is InChI=1S/C12H17BrN2O/c1-8-5-11(13)12(15-7-8)16-10-4-2-3-9(14)6-10/h5,7,9-10H,2-4,6,14H2,1H3. The van der Waals surface area contributed by atoms with E-state index in [9.17, 15) is 0 Å². The molecule has 1 saturated carbocycles. The Morgan fingerprint density at radius 2 is 2.31 bits per heavy atom. The number of hydrogen-bond donors (Lipinski definition) is 1. The lowest BCUT2D eigenvalue weighted by atomic mass is 9.94. The molecule has 88 valence electrons. The predicted octanol–water partition coefficient (Wildman–Crippen LogP) is 2.80. The highest BCUT2D eigenvalue weighted by Gasteiger charge is 2.21. The number of pyridine rings is 1. The molecule has 1 aromatic heterocycles. The summed E-state index contributed by atoms with van der Waals surface area (Å²) >= 11 is 3.47. The first-order valence-electron chi connectivity index (χ1n) is 5.69. The van der Waals surface area contributed by atoms with Crippen LogP contribution in [-0.4, -0.2) is 17.1 Å². The van der Waals surface area contributed by atoms with Crippen molar-refractivity contribution in [1.29, 1.82) is 0 Å². The minimum atomic E-state index is 0.218. The van der Waals surface area contributed by atoms with Crippen LogP contribution in [0.15, 0.2) is 16.7 Å². The normalized spacial score (nSPS) is 25.4. The Balaban J connectivity index is 2.02. The highest BCUT2D eigenvalue weighted by atomic mass is 79.9. The summed E-state index contributed by atoms with van der Waals surface area (Å²) in [5, 5.41) is 0. The highest BCUT2D eigenvalue weighted by Crippen LogP contribution is 2.27. The van der Waals surface area contributed by atoms with Crippen LogP contribution in [0.1, 0.15) is 31.2 Å². The van der Waals surface area contributed by atoms with Crippen LogP contribution in [0.2, 0.25) is 0 Å². The summed E-state index contributed by atoms with van der Waals surface area (Å²) in [5.74, 6) is 0.685. The monoisotopic (exact) mass is 284 g/mol. The fourth-order valence-electron chi connectivity index (χ4n) is 2.05. The molecule has 16 heavy (non-hydrogen) atoms. The zero-order chi connectivity index (χ0) is 11.5. The molecule has 2 atom stereocenters. The van der Waals surface area contributed by atoms with Gasteiger partial charge in [-0.2, -0.15) is 0 Å². The lowest BCUT2D eigenvalue weighted by molar-refractivity contribution is 0.137. The van der Waals surface area contributed by atoms with E-state index in [1.54, 1.807) is 0 Å². The van der Waals surface area contributed by atoms with Gasteiger partial charge >= 0.3 is 0 Å². The second kappa shape index (κ2) is 5.15. The Morgan fingerprint density at radius 3 is 3.00 bits per heavy atom. The van der Waals surface area contributed by atoms with Crippen molar-refractivity contribution in [2.24, 2.45) is 5.73 Å². The Bertz CT molecular complexity index is 370. The number of aryl methyl sites for hydroxylation is 1. The molecule has 0 spiro atoms. The van der Waals surface area contributed by atoms with Crippen LogP contribution in [0.3, 0.4) is 0 Å². The van der Waals surface area contributed by atoms with E-state index in [0.29, 0.717) is 5.88 Å². The molecule has 0 amide bonds. The number of nitrogens with two attached hydrogens (primary N) is 1. The van der Waals surface area contributed by atoms with Crippen molar-refractivity contribution in [3.05, 3.63) is 22.3 Å². The van der Waals surface area contributed by atoms with Crippen LogP contribution in [0.25, 0.3) is 0 Å². The van der Waals surface area contributed by atoms with Gasteiger partial charge < -0.3 is 10.5 Å². The van der Waals surface area contributed by atoms with Gasteiger partial charge in [0.1, 0.15) is 6.10 Å².